The first-order chi connectivity index (χ1) is 12.0. The summed E-state index contributed by atoms with van der Waals surface area (Å²) in [4.78, 5) is 11.7. The molecule has 2 aliphatic rings. The molecule has 6 nitrogen and oxygen atoms in total. The second-order valence-electron chi connectivity index (χ2n) is 6.18. The Labute approximate surface area is 146 Å². The van der Waals surface area contributed by atoms with Crippen LogP contribution in [0.5, 0.6) is 0 Å². The third-order valence-corrected chi connectivity index (χ3v) is 6.40. The van der Waals surface area contributed by atoms with Crippen LogP contribution in [0.25, 0.3) is 0 Å². The van der Waals surface area contributed by atoms with E-state index in [1.807, 2.05) is 30.3 Å². The lowest BCUT2D eigenvalue weighted by Gasteiger charge is -2.32. The number of benzene rings is 2. The fraction of sp³-hybridized carbons (Fsp3) is 0.278. The molecule has 1 saturated heterocycles. The second-order valence-corrected chi connectivity index (χ2v) is 8.12. The van der Waals surface area contributed by atoms with Crippen molar-refractivity contribution >= 4 is 21.6 Å². The number of sulfonamides is 1. The van der Waals surface area contributed by atoms with E-state index in [1.165, 1.54) is 4.31 Å². The van der Waals surface area contributed by atoms with Gasteiger partial charge in [-0.2, -0.15) is 4.31 Å². The number of morpholine rings is 1. The molecule has 1 N–H and O–H groups in total. The van der Waals surface area contributed by atoms with Crippen molar-refractivity contribution in [2.75, 3.05) is 25.0 Å². The van der Waals surface area contributed by atoms with E-state index in [0.29, 0.717) is 18.8 Å². The van der Waals surface area contributed by atoms with Crippen molar-refractivity contribution in [3.63, 3.8) is 0 Å². The van der Waals surface area contributed by atoms with E-state index in [2.05, 4.69) is 5.32 Å². The van der Waals surface area contributed by atoms with Crippen LogP contribution in [0.15, 0.2) is 53.4 Å². The van der Waals surface area contributed by atoms with Crippen molar-refractivity contribution in [1.29, 1.82) is 0 Å². The molecule has 0 radical (unpaired) electrons. The monoisotopic (exact) mass is 358 g/mol. The van der Waals surface area contributed by atoms with Crippen molar-refractivity contribution in [2.45, 2.75) is 17.4 Å². The smallest absolute Gasteiger partial charge is 0.243 e. The minimum absolute atomic E-state index is 0.111. The molecule has 2 heterocycles. The summed E-state index contributed by atoms with van der Waals surface area (Å²) in [7, 11) is -3.63. The van der Waals surface area contributed by atoms with Gasteiger partial charge in [-0.25, -0.2) is 8.42 Å². The van der Waals surface area contributed by atoms with Crippen LogP contribution in [0.4, 0.5) is 5.69 Å². The molecule has 0 aromatic heterocycles. The van der Waals surface area contributed by atoms with Crippen LogP contribution in [-0.4, -0.2) is 38.3 Å². The van der Waals surface area contributed by atoms with Gasteiger partial charge in [0.1, 0.15) is 0 Å². The molecule has 0 spiro atoms. The van der Waals surface area contributed by atoms with Gasteiger partial charge >= 0.3 is 0 Å². The molecule has 1 unspecified atom stereocenters. The summed E-state index contributed by atoms with van der Waals surface area (Å²) >= 11 is 0. The van der Waals surface area contributed by atoms with Crippen LogP contribution in [0.3, 0.4) is 0 Å². The molecular weight excluding hydrogens is 340 g/mol. The van der Waals surface area contributed by atoms with Crippen molar-refractivity contribution in [3.8, 4) is 0 Å². The van der Waals surface area contributed by atoms with Gasteiger partial charge in [0.2, 0.25) is 15.9 Å². The standard InChI is InChI=1S/C18H18N2O4S/c21-18-11-14-10-15(6-7-16(14)19-18)25(22,23)20-8-9-24-17(12-20)13-4-2-1-3-5-13/h1-7,10,17H,8-9,11-12H2,(H,19,21). The van der Waals surface area contributed by atoms with Crippen LogP contribution in [0, 0.1) is 0 Å². The lowest BCUT2D eigenvalue weighted by atomic mass is 10.1. The maximum atomic E-state index is 13.0. The quantitative estimate of drug-likeness (QED) is 0.910. The molecule has 25 heavy (non-hydrogen) atoms. The molecule has 0 aliphatic carbocycles. The Morgan fingerprint density at radius 2 is 1.92 bits per heavy atom. The molecule has 0 bridgehead atoms. The van der Waals surface area contributed by atoms with Crippen molar-refractivity contribution in [2.24, 2.45) is 0 Å². The highest BCUT2D eigenvalue weighted by Gasteiger charge is 2.32. The first-order valence-electron chi connectivity index (χ1n) is 8.13. The van der Waals surface area contributed by atoms with Crippen LogP contribution >= 0.6 is 0 Å². The Hall–Kier alpha value is -2.22. The molecule has 7 heteroatoms. The average molecular weight is 358 g/mol. The van der Waals surface area contributed by atoms with Crippen molar-refractivity contribution in [3.05, 3.63) is 59.7 Å². The Kier molecular flexibility index (Phi) is 4.07. The number of carbonyl (C=O) groups excluding carboxylic acids is 1. The van der Waals surface area contributed by atoms with Gasteiger partial charge in [0.15, 0.2) is 0 Å². The minimum atomic E-state index is -3.63. The maximum absolute atomic E-state index is 13.0. The minimum Gasteiger partial charge on any atom is -0.371 e. The highest BCUT2D eigenvalue weighted by Crippen LogP contribution is 2.30. The zero-order valence-electron chi connectivity index (χ0n) is 13.5. The first kappa shape index (κ1) is 16.3. The average Bonchev–Trinajstić information content (AvgIpc) is 3.02. The fourth-order valence-corrected chi connectivity index (χ4v) is 4.70. The number of anilines is 1. The maximum Gasteiger partial charge on any atom is 0.243 e. The Morgan fingerprint density at radius 1 is 1.12 bits per heavy atom. The van der Waals surface area contributed by atoms with Crippen LogP contribution in [0.2, 0.25) is 0 Å². The van der Waals surface area contributed by atoms with Crippen molar-refractivity contribution < 1.29 is 17.9 Å². The molecule has 2 aromatic rings. The molecule has 2 aromatic carbocycles. The lowest BCUT2D eigenvalue weighted by Crippen LogP contribution is -2.42. The summed E-state index contributed by atoms with van der Waals surface area (Å²) in [5, 5.41) is 2.72. The molecule has 0 saturated carbocycles. The van der Waals surface area contributed by atoms with Gasteiger partial charge in [0.25, 0.3) is 0 Å². The summed E-state index contributed by atoms with van der Waals surface area (Å²) in [6.07, 6.45) is -0.0588. The molecule has 2 aliphatic heterocycles. The van der Waals surface area contributed by atoms with E-state index < -0.39 is 10.0 Å². The molecule has 4 rings (SSSR count). The summed E-state index contributed by atoms with van der Waals surface area (Å²) < 4.78 is 33.2. The number of fused-ring (bicyclic) bond motifs is 1. The highest BCUT2D eigenvalue weighted by atomic mass is 32.2. The number of amides is 1. The zero-order valence-corrected chi connectivity index (χ0v) is 14.3. The van der Waals surface area contributed by atoms with E-state index >= 15 is 0 Å². The zero-order chi connectivity index (χ0) is 17.4. The van der Waals surface area contributed by atoms with E-state index in [1.54, 1.807) is 18.2 Å². The Bertz CT molecular complexity index is 912. The van der Waals surface area contributed by atoms with E-state index in [-0.39, 0.29) is 29.9 Å². The van der Waals surface area contributed by atoms with Gasteiger partial charge in [-0.3, -0.25) is 4.79 Å². The Balaban J connectivity index is 1.60. The van der Waals surface area contributed by atoms with Gasteiger partial charge in [0.05, 0.1) is 24.0 Å². The molecule has 130 valence electrons. The van der Waals surface area contributed by atoms with E-state index in [4.69, 9.17) is 4.74 Å². The van der Waals surface area contributed by atoms with E-state index in [0.717, 1.165) is 11.1 Å². The first-order valence-corrected chi connectivity index (χ1v) is 9.57. The lowest BCUT2D eigenvalue weighted by molar-refractivity contribution is -0.115. The van der Waals surface area contributed by atoms with Gasteiger partial charge in [-0.05, 0) is 29.3 Å². The van der Waals surface area contributed by atoms with Crippen LogP contribution < -0.4 is 5.32 Å². The largest absolute Gasteiger partial charge is 0.371 e. The van der Waals surface area contributed by atoms with Crippen LogP contribution in [0.1, 0.15) is 17.2 Å². The topological polar surface area (TPSA) is 75.7 Å². The number of carbonyl (C=O) groups is 1. The van der Waals surface area contributed by atoms with Gasteiger partial charge < -0.3 is 10.1 Å². The fourth-order valence-electron chi connectivity index (χ4n) is 3.23. The van der Waals surface area contributed by atoms with Crippen molar-refractivity contribution in [1.82, 2.24) is 4.31 Å². The predicted molar refractivity (Wildman–Crippen MR) is 92.7 cm³/mol. The van der Waals surface area contributed by atoms with Gasteiger partial charge in [0, 0.05) is 18.8 Å². The molecule has 1 atom stereocenters. The normalized spacial score (nSPS) is 21.0. The molecular formula is C18H18N2O4S. The number of nitrogens with zero attached hydrogens (tertiary/aromatic N) is 1. The SMILES string of the molecule is O=C1Cc2cc(S(=O)(=O)N3CCOC(c4ccccc4)C3)ccc2N1. The van der Waals surface area contributed by atoms with Gasteiger partial charge in [-0.15, -0.1) is 0 Å². The summed E-state index contributed by atoms with van der Waals surface area (Å²) in [6.45, 7) is 0.949. The molecule has 1 fully saturated rings. The third-order valence-electron chi connectivity index (χ3n) is 4.54. The predicted octanol–water partition coefficient (Wildman–Crippen LogP) is 1.94. The summed E-state index contributed by atoms with van der Waals surface area (Å²) in [6, 6.07) is 14.4. The summed E-state index contributed by atoms with van der Waals surface area (Å²) in [5.41, 5.74) is 2.37. The number of hydrogen-bond donors (Lipinski definition) is 1. The summed E-state index contributed by atoms with van der Waals surface area (Å²) in [5.74, 6) is -0.111. The highest BCUT2D eigenvalue weighted by molar-refractivity contribution is 7.89. The number of ether oxygens (including phenoxy) is 1. The second kappa shape index (κ2) is 6.25. The van der Waals surface area contributed by atoms with Gasteiger partial charge in [-0.1, -0.05) is 30.3 Å². The van der Waals surface area contributed by atoms with E-state index in [9.17, 15) is 13.2 Å². The Morgan fingerprint density at radius 3 is 2.72 bits per heavy atom. The number of nitrogens with one attached hydrogen (secondary N) is 1. The molecule has 1 amide bonds. The number of hydrogen-bond acceptors (Lipinski definition) is 4. The number of rotatable bonds is 3. The van der Waals surface area contributed by atoms with Crippen LogP contribution in [-0.2, 0) is 26.0 Å². The third kappa shape index (κ3) is 3.06.